The van der Waals surface area contributed by atoms with Crippen LogP contribution in [0.2, 0.25) is 0 Å². The SMILES string of the molecule is CCS(=O)(=O)N1CCc2ccc(NC(=O)NCc3ccco3)cc21. The second-order valence-corrected chi connectivity index (χ2v) is 7.64. The molecule has 0 saturated heterocycles. The molecule has 1 aromatic carbocycles. The van der Waals surface area contributed by atoms with Crippen LogP contribution in [-0.2, 0) is 23.0 Å². The van der Waals surface area contributed by atoms with Crippen molar-refractivity contribution in [1.82, 2.24) is 5.32 Å². The Balaban J connectivity index is 1.69. The van der Waals surface area contributed by atoms with E-state index in [4.69, 9.17) is 4.42 Å². The quantitative estimate of drug-likeness (QED) is 0.866. The lowest BCUT2D eigenvalue weighted by molar-refractivity contribution is 0.251. The monoisotopic (exact) mass is 349 g/mol. The molecular formula is C16H19N3O4S. The van der Waals surface area contributed by atoms with Crippen molar-refractivity contribution in [3.63, 3.8) is 0 Å². The topological polar surface area (TPSA) is 91.7 Å². The number of hydrogen-bond acceptors (Lipinski definition) is 4. The van der Waals surface area contributed by atoms with Crippen LogP contribution in [0.5, 0.6) is 0 Å². The molecule has 24 heavy (non-hydrogen) atoms. The number of anilines is 2. The second kappa shape index (κ2) is 6.56. The van der Waals surface area contributed by atoms with E-state index in [0.29, 0.717) is 30.1 Å². The Bertz CT molecular complexity index is 831. The Hall–Kier alpha value is -2.48. The molecule has 0 aliphatic carbocycles. The van der Waals surface area contributed by atoms with E-state index in [1.807, 2.05) is 6.07 Å². The van der Waals surface area contributed by atoms with Gasteiger partial charge in [-0.25, -0.2) is 13.2 Å². The number of carbonyl (C=O) groups is 1. The molecule has 1 aromatic heterocycles. The van der Waals surface area contributed by atoms with Crippen molar-refractivity contribution in [2.75, 3.05) is 21.9 Å². The van der Waals surface area contributed by atoms with Crippen LogP contribution in [0.25, 0.3) is 0 Å². The lowest BCUT2D eigenvalue weighted by Crippen LogP contribution is -2.30. The smallest absolute Gasteiger partial charge is 0.319 e. The number of carbonyl (C=O) groups excluding carboxylic acids is 1. The van der Waals surface area contributed by atoms with Crippen molar-refractivity contribution in [2.45, 2.75) is 19.9 Å². The van der Waals surface area contributed by atoms with E-state index in [2.05, 4.69) is 10.6 Å². The number of hydrogen-bond donors (Lipinski definition) is 2. The molecule has 128 valence electrons. The van der Waals surface area contributed by atoms with Gasteiger partial charge in [0.05, 0.1) is 24.2 Å². The van der Waals surface area contributed by atoms with Crippen molar-refractivity contribution in [3.05, 3.63) is 47.9 Å². The minimum absolute atomic E-state index is 0.0493. The van der Waals surface area contributed by atoms with Crippen LogP contribution in [0.3, 0.4) is 0 Å². The van der Waals surface area contributed by atoms with Crippen molar-refractivity contribution >= 4 is 27.4 Å². The highest BCUT2D eigenvalue weighted by Crippen LogP contribution is 2.32. The van der Waals surface area contributed by atoms with Gasteiger partial charge in [-0.2, -0.15) is 0 Å². The van der Waals surface area contributed by atoms with Crippen LogP contribution in [0, 0.1) is 0 Å². The van der Waals surface area contributed by atoms with Crippen molar-refractivity contribution < 1.29 is 17.6 Å². The molecule has 0 saturated carbocycles. The second-order valence-electron chi connectivity index (χ2n) is 5.45. The number of furan rings is 1. The number of benzene rings is 1. The van der Waals surface area contributed by atoms with Crippen molar-refractivity contribution in [1.29, 1.82) is 0 Å². The van der Waals surface area contributed by atoms with Gasteiger partial charge in [-0.1, -0.05) is 6.07 Å². The van der Waals surface area contributed by atoms with Crippen LogP contribution >= 0.6 is 0 Å². The molecular weight excluding hydrogens is 330 g/mol. The first-order valence-electron chi connectivity index (χ1n) is 7.70. The summed E-state index contributed by atoms with van der Waals surface area (Å²) in [6, 6.07) is 8.45. The van der Waals surface area contributed by atoms with E-state index in [-0.39, 0.29) is 18.3 Å². The van der Waals surface area contributed by atoms with Gasteiger partial charge in [0.2, 0.25) is 10.0 Å². The lowest BCUT2D eigenvalue weighted by Gasteiger charge is -2.19. The van der Waals surface area contributed by atoms with E-state index >= 15 is 0 Å². The Labute approximate surface area is 140 Å². The molecule has 2 amide bonds. The zero-order valence-electron chi connectivity index (χ0n) is 13.3. The van der Waals surface area contributed by atoms with E-state index < -0.39 is 10.0 Å². The van der Waals surface area contributed by atoms with Gasteiger partial charge in [-0.3, -0.25) is 4.31 Å². The Kier molecular flexibility index (Phi) is 4.48. The molecule has 1 aliphatic heterocycles. The van der Waals surface area contributed by atoms with E-state index in [1.54, 1.807) is 31.2 Å². The number of sulfonamides is 1. The summed E-state index contributed by atoms with van der Waals surface area (Å²) in [5.74, 6) is 0.701. The van der Waals surface area contributed by atoms with Crippen LogP contribution < -0.4 is 14.9 Å². The number of urea groups is 1. The summed E-state index contributed by atoms with van der Waals surface area (Å²) in [7, 11) is -3.30. The summed E-state index contributed by atoms with van der Waals surface area (Å²) >= 11 is 0. The zero-order valence-corrected chi connectivity index (χ0v) is 14.1. The molecule has 0 fully saturated rings. The van der Waals surface area contributed by atoms with Gasteiger partial charge in [-0.15, -0.1) is 0 Å². The maximum atomic E-state index is 12.1. The molecule has 2 aromatic rings. The highest BCUT2D eigenvalue weighted by atomic mass is 32.2. The fourth-order valence-electron chi connectivity index (χ4n) is 2.63. The van der Waals surface area contributed by atoms with Crippen LogP contribution in [0.15, 0.2) is 41.0 Å². The van der Waals surface area contributed by atoms with Crippen LogP contribution in [0.1, 0.15) is 18.2 Å². The zero-order chi connectivity index (χ0) is 17.2. The molecule has 3 rings (SSSR count). The first kappa shape index (κ1) is 16.4. The predicted molar refractivity (Wildman–Crippen MR) is 91.5 cm³/mol. The van der Waals surface area contributed by atoms with Gasteiger partial charge in [0, 0.05) is 12.2 Å². The average Bonchev–Trinajstić information content (AvgIpc) is 3.22. The average molecular weight is 349 g/mol. The summed E-state index contributed by atoms with van der Waals surface area (Å²) in [5, 5.41) is 5.39. The number of nitrogens with zero attached hydrogens (tertiary/aromatic N) is 1. The number of rotatable bonds is 5. The fourth-order valence-corrected chi connectivity index (χ4v) is 3.78. The van der Waals surface area contributed by atoms with Gasteiger partial charge >= 0.3 is 6.03 Å². The van der Waals surface area contributed by atoms with Gasteiger partial charge in [-0.05, 0) is 43.2 Å². The standard InChI is InChI=1S/C16H19N3O4S/c1-2-24(21,22)19-8-7-12-5-6-13(10-15(12)19)18-16(20)17-11-14-4-3-9-23-14/h3-6,9-10H,2,7-8,11H2,1H3,(H2,17,18,20). The molecule has 2 N–H and O–H groups in total. The maximum absolute atomic E-state index is 12.1. The minimum Gasteiger partial charge on any atom is -0.467 e. The molecule has 2 heterocycles. The summed E-state index contributed by atoms with van der Waals surface area (Å²) in [6.45, 7) is 2.34. The molecule has 7 nitrogen and oxygen atoms in total. The number of fused-ring (bicyclic) bond motifs is 1. The summed E-state index contributed by atoms with van der Waals surface area (Å²) < 4.78 is 30.8. The predicted octanol–water partition coefficient (Wildman–Crippen LogP) is 2.31. The minimum atomic E-state index is -3.30. The van der Waals surface area contributed by atoms with Crippen molar-refractivity contribution in [2.24, 2.45) is 0 Å². The van der Waals surface area contributed by atoms with Gasteiger partial charge < -0.3 is 15.1 Å². The molecule has 1 aliphatic rings. The molecule has 0 atom stereocenters. The molecule has 0 spiro atoms. The van der Waals surface area contributed by atoms with E-state index in [0.717, 1.165) is 5.56 Å². The highest BCUT2D eigenvalue weighted by Gasteiger charge is 2.28. The highest BCUT2D eigenvalue weighted by molar-refractivity contribution is 7.92. The fraction of sp³-hybridized carbons (Fsp3) is 0.312. The Morgan fingerprint density at radius 2 is 2.17 bits per heavy atom. The number of nitrogens with one attached hydrogen (secondary N) is 2. The van der Waals surface area contributed by atoms with Crippen LogP contribution in [0.4, 0.5) is 16.2 Å². The van der Waals surface area contributed by atoms with Gasteiger partial charge in [0.1, 0.15) is 5.76 Å². The molecule has 0 bridgehead atoms. The normalized spacial score (nSPS) is 13.6. The number of amides is 2. The summed E-state index contributed by atoms with van der Waals surface area (Å²) in [4.78, 5) is 11.9. The Morgan fingerprint density at radius 1 is 1.33 bits per heavy atom. The summed E-state index contributed by atoms with van der Waals surface area (Å²) in [5.41, 5.74) is 2.15. The molecule has 8 heteroatoms. The van der Waals surface area contributed by atoms with Gasteiger partial charge in [0.25, 0.3) is 0 Å². The van der Waals surface area contributed by atoms with Crippen LogP contribution in [-0.4, -0.2) is 26.7 Å². The third-order valence-electron chi connectivity index (χ3n) is 3.90. The van der Waals surface area contributed by atoms with E-state index in [9.17, 15) is 13.2 Å². The molecule has 0 unspecified atom stereocenters. The summed E-state index contributed by atoms with van der Waals surface area (Å²) in [6.07, 6.45) is 2.22. The molecule has 0 radical (unpaired) electrons. The largest absolute Gasteiger partial charge is 0.467 e. The lowest BCUT2D eigenvalue weighted by atomic mass is 10.1. The van der Waals surface area contributed by atoms with E-state index in [1.165, 1.54) is 10.6 Å². The van der Waals surface area contributed by atoms with Crippen molar-refractivity contribution in [3.8, 4) is 0 Å². The third kappa shape index (κ3) is 3.38. The first-order chi connectivity index (χ1) is 11.5. The maximum Gasteiger partial charge on any atom is 0.319 e. The van der Waals surface area contributed by atoms with Gasteiger partial charge in [0.15, 0.2) is 0 Å². The Morgan fingerprint density at radius 3 is 2.88 bits per heavy atom. The third-order valence-corrected chi connectivity index (χ3v) is 5.68. The first-order valence-corrected chi connectivity index (χ1v) is 9.31.